The van der Waals surface area contributed by atoms with E-state index in [1.807, 2.05) is 4.90 Å². The number of amides is 2. The zero-order valence-corrected chi connectivity index (χ0v) is 15.5. The van der Waals surface area contributed by atoms with Crippen LogP contribution in [0.1, 0.15) is 61.0 Å². The van der Waals surface area contributed by atoms with Crippen LogP contribution in [0.15, 0.2) is 17.1 Å². The van der Waals surface area contributed by atoms with E-state index >= 15 is 0 Å². The summed E-state index contributed by atoms with van der Waals surface area (Å²) in [4.78, 5) is 42.8. The highest BCUT2D eigenvalue weighted by atomic mass is 16.2. The van der Waals surface area contributed by atoms with Gasteiger partial charge in [0.05, 0.1) is 17.3 Å². The second-order valence-corrected chi connectivity index (χ2v) is 7.64. The number of aromatic nitrogens is 3. The van der Waals surface area contributed by atoms with E-state index in [0.29, 0.717) is 35.9 Å². The van der Waals surface area contributed by atoms with Crippen molar-refractivity contribution in [2.45, 2.75) is 64.0 Å². The fraction of sp³-hybridized carbons (Fsp3) is 0.579. The third-order valence-electron chi connectivity index (χ3n) is 5.77. The Morgan fingerprint density at radius 3 is 2.70 bits per heavy atom. The largest absolute Gasteiger partial charge is 0.347 e. The average Bonchev–Trinajstić information content (AvgIpc) is 3.06. The summed E-state index contributed by atoms with van der Waals surface area (Å²) in [6, 6.07) is 1.51. The van der Waals surface area contributed by atoms with Crippen LogP contribution in [-0.4, -0.2) is 49.9 Å². The molecule has 1 unspecified atom stereocenters. The van der Waals surface area contributed by atoms with Crippen molar-refractivity contribution in [2.24, 2.45) is 0 Å². The van der Waals surface area contributed by atoms with Gasteiger partial charge in [-0.15, -0.1) is 0 Å². The molecule has 1 saturated heterocycles. The molecule has 1 saturated carbocycles. The molecular formula is C19H25N5O3. The molecule has 144 valence electrons. The van der Waals surface area contributed by atoms with Gasteiger partial charge in [-0.3, -0.25) is 19.5 Å². The first-order chi connectivity index (χ1) is 13.0. The minimum absolute atomic E-state index is 0.132. The van der Waals surface area contributed by atoms with Crippen LogP contribution in [-0.2, 0) is 4.79 Å². The lowest BCUT2D eigenvalue weighted by molar-refractivity contribution is -0.129. The summed E-state index contributed by atoms with van der Waals surface area (Å²) >= 11 is 0. The Morgan fingerprint density at radius 2 is 1.96 bits per heavy atom. The number of hydrogen-bond donors (Lipinski definition) is 2. The molecule has 8 heteroatoms. The van der Waals surface area contributed by atoms with Gasteiger partial charge in [-0.2, -0.15) is 0 Å². The summed E-state index contributed by atoms with van der Waals surface area (Å²) in [5.74, 6) is -0.135. The van der Waals surface area contributed by atoms with Crippen LogP contribution in [0, 0.1) is 6.92 Å². The topological polar surface area (TPSA) is 99.6 Å². The van der Waals surface area contributed by atoms with Crippen molar-refractivity contribution >= 4 is 17.5 Å². The third kappa shape index (κ3) is 3.48. The SMILES string of the molecule is Cc1c(C(=O)NC2CC(=O)N(C3CCCCCC3)C2)cnc2cc(=O)[nH]n12. The van der Waals surface area contributed by atoms with Crippen LogP contribution in [0.25, 0.3) is 5.65 Å². The first kappa shape index (κ1) is 17.8. The molecule has 0 spiro atoms. The van der Waals surface area contributed by atoms with Crippen LogP contribution in [0.3, 0.4) is 0 Å². The lowest BCUT2D eigenvalue weighted by Crippen LogP contribution is -2.40. The normalized spacial score (nSPS) is 21.6. The fourth-order valence-corrected chi connectivity index (χ4v) is 4.31. The van der Waals surface area contributed by atoms with Crippen molar-refractivity contribution in [3.05, 3.63) is 33.9 Å². The maximum Gasteiger partial charge on any atom is 0.266 e. The Kier molecular flexibility index (Phi) is 4.72. The Balaban J connectivity index is 1.46. The van der Waals surface area contributed by atoms with Crippen LogP contribution >= 0.6 is 0 Å². The predicted molar refractivity (Wildman–Crippen MR) is 99.6 cm³/mol. The van der Waals surface area contributed by atoms with Gasteiger partial charge in [-0.05, 0) is 19.8 Å². The Hall–Kier alpha value is -2.64. The molecule has 2 aromatic heterocycles. The molecule has 2 fully saturated rings. The standard InChI is InChI=1S/C19H25N5O3/c1-12-15(10-20-16-9-17(25)22-24(12)16)19(27)21-13-8-18(26)23(11-13)14-6-4-2-3-5-7-14/h9-10,13-14H,2-8,11H2,1H3,(H,21,27)(H,22,25). The van der Waals surface area contributed by atoms with Gasteiger partial charge in [-0.1, -0.05) is 25.7 Å². The molecule has 3 heterocycles. The molecule has 2 amide bonds. The van der Waals surface area contributed by atoms with Crippen LogP contribution in [0.5, 0.6) is 0 Å². The highest BCUT2D eigenvalue weighted by Crippen LogP contribution is 2.26. The zero-order valence-electron chi connectivity index (χ0n) is 15.5. The molecule has 2 N–H and O–H groups in total. The van der Waals surface area contributed by atoms with Gasteiger partial charge >= 0.3 is 0 Å². The van der Waals surface area contributed by atoms with Gasteiger partial charge < -0.3 is 10.2 Å². The number of likely N-dealkylation sites (tertiary alicyclic amines) is 1. The van der Waals surface area contributed by atoms with E-state index in [2.05, 4.69) is 15.4 Å². The number of carbonyl (C=O) groups is 2. The second-order valence-electron chi connectivity index (χ2n) is 7.64. The van der Waals surface area contributed by atoms with Gasteiger partial charge in [0.1, 0.15) is 0 Å². The van der Waals surface area contributed by atoms with E-state index in [1.165, 1.54) is 42.5 Å². The quantitative estimate of drug-likeness (QED) is 0.796. The maximum absolute atomic E-state index is 12.7. The van der Waals surface area contributed by atoms with Crippen molar-refractivity contribution < 1.29 is 9.59 Å². The third-order valence-corrected chi connectivity index (χ3v) is 5.77. The Labute approximate surface area is 156 Å². The number of rotatable bonds is 3. The van der Waals surface area contributed by atoms with Gasteiger partial charge in [0, 0.05) is 31.3 Å². The fourth-order valence-electron chi connectivity index (χ4n) is 4.31. The van der Waals surface area contributed by atoms with Crippen molar-refractivity contribution in [3.8, 4) is 0 Å². The van der Waals surface area contributed by atoms with E-state index in [9.17, 15) is 14.4 Å². The molecule has 1 aliphatic heterocycles. The van der Waals surface area contributed by atoms with E-state index < -0.39 is 0 Å². The minimum atomic E-state index is -0.267. The van der Waals surface area contributed by atoms with Crippen LogP contribution < -0.4 is 10.9 Å². The van der Waals surface area contributed by atoms with E-state index in [4.69, 9.17) is 0 Å². The highest BCUT2D eigenvalue weighted by molar-refractivity contribution is 5.96. The molecule has 4 rings (SSSR count). The molecule has 1 aliphatic carbocycles. The van der Waals surface area contributed by atoms with Crippen molar-refractivity contribution in [1.82, 2.24) is 24.8 Å². The molecule has 0 bridgehead atoms. The van der Waals surface area contributed by atoms with Gasteiger partial charge in [-0.25, -0.2) is 9.50 Å². The van der Waals surface area contributed by atoms with Gasteiger partial charge in [0.15, 0.2) is 5.65 Å². The number of carbonyl (C=O) groups excluding carboxylic acids is 2. The number of aromatic amines is 1. The molecule has 0 aromatic carbocycles. The summed E-state index contributed by atoms with van der Waals surface area (Å²) in [5, 5.41) is 5.61. The zero-order chi connectivity index (χ0) is 19.0. The minimum Gasteiger partial charge on any atom is -0.347 e. The Morgan fingerprint density at radius 1 is 1.22 bits per heavy atom. The van der Waals surface area contributed by atoms with Gasteiger partial charge in [0.25, 0.3) is 11.5 Å². The number of nitrogens with zero attached hydrogens (tertiary/aromatic N) is 3. The number of H-pyrrole nitrogens is 1. The average molecular weight is 371 g/mol. The molecule has 8 nitrogen and oxygen atoms in total. The summed E-state index contributed by atoms with van der Waals surface area (Å²) < 4.78 is 1.51. The van der Waals surface area contributed by atoms with Crippen molar-refractivity contribution in [1.29, 1.82) is 0 Å². The van der Waals surface area contributed by atoms with Crippen LogP contribution in [0.2, 0.25) is 0 Å². The second kappa shape index (κ2) is 7.17. The molecule has 2 aliphatic rings. The van der Waals surface area contributed by atoms with E-state index in [1.54, 1.807) is 6.92 Å². The lowest BCUT2D eigenvalue weighted by atomic mass is 10.1. The first-order valence-electron chi connectivity index (χ1n) is 9.70. The molecule has 27 heavy (non-hydrogen) atoms. The van der Waals surface area contributed by atoms with E-state index in [-0.39, 0.29) is 23.4 Å². The smallest absolute Gasteiger partial charge is 0.266 e. The van der Waals surface area contributed by atoms with Gasteiger partial charge in [0.2, 0.25) is 5.91 Å². The molecular weight excluding hydrogens is 346 g/mol. The number of fused-ring (bicyclic) bond motifs is 1. The molecule has 2 aromatic rings. The number of nitrogens with one attached hydrogen (secondary N) is 2. The summed E-state index contributed by atoms with van der Waals surface area (Å²) in [5.41, 5.74) is 1.23. The summed E-state index contributed by atoms with van der Waals surface area (Å²) in [7, 11) is 0. The van der Waals surface area contributed by atoms with Crippen molar-refractivity contribution in [3.63, 3.8) is 0 Å². The molecule has 0 radical (unpaired) electrons. The Bertz CT molecular complexity index is 923. The molecule has 1 atom stereocenters. The number of aryl methyl sites for hydroxylation is 1. The van der Waals surface area contributed by atoms with E-state index in [0.717, 1.165) is 12.8 Å². The number of hydrogen-bond acceptors (Lipinski definition) is 4. The van der Waals surface area contributed by atoms with Crippen molar-refractivity contribution in [2.75, 3.05) is 6.54 Å². The maximum atomic E-state index is 12.7. The highest BCUT2D eigenvalue weighted by Gasteiger charge is 2.35. The summed E-state index contributed by atoms with van der Waals surface area (Å²) in [6.45, 7) is 2.33. The monoisotopic (exact) mass is 371 g/mol. The predicted octanol–water partition coefficient (Wildman–Crippen LogP) is 1.38. The van der Waals surface area contributed by atoms with Crippen LogP contribution in [0.4, 0.5) is 0 Å². The summed E-state index contributed by atoms with van der Waals surface area (Å²) in [6.07, 6.45) is 8.78. The lowest BCUT2D eigenvalue weighted by Gasteiger charge is -2.27. The first-order valence-corrected chi connectivity index (χ1v) is 9.70.